The van der Waals surface area contributed by atoms with Crippen LogP contribution in [0.5, 0.6) is 0 Å². The summed E-state index contributed by atoms with van der Waals surface area (Å²) < 4.78 is 0. The molecule has 6 nitrogen and oxygen atoms in total. The molecule has 27 heavy (non-hydrogen) atoms. The maximum atomic E-state index is 11.9. The third-order valence-corrected chi connectivity index (χ3v) is 5.47. The fraction of sp³-hybridized carbons (Fsp3) is 0.333. The molecule has 1 aliphatic rings. The zero-order valence-corrected chi connectivity index (χ0v) is 15.5. The van der Waals surface area contributed by atoms with Gasteiger partial charge in [0.05, 0.1) is 11.3 Å². The molecule has 2 atom stereocenters. The van der Waals surface area contributed by atoms with Crippen LogP contribution in [0, 0.1) is 5.92 Å². The Hall–Kier alpha value is -2.86. The molecular weight excluding hydrogens is 338 g/mol. The lowest BCUT2D eigenvalue weighted by Crippen LogP contribution is -2.46. The highest BCUT2D eigenvalue weighted by Crippen LogP contribution is 2.29. The first-order chi connectivity index (χ1) is 13.1. The first kappa shape index (κ1) is 17.5. The van der Waals surface area contributed by atoms with E-state index in [1.807, 2.05) is 18.3 Å². The Morgan fingerprint density at radius 3 is 2.93 bits per heavy atom. The average molecular weight is 363 g/mol. The predicted octanol–water partition coefficient (Wildman–Crippen LogP) is 2.98. The second-order valence-electron chi connectivity index (χ2n) is 7.39. The first-order valence-corrected chi connectivity index (χ1v) is 9.40. The zero-order valence-electron chi connectivity index (χ0n) is 15.5. The normalized spacial score (nSPS) is 20.6. The van der Waals surface area contributed by atoms with E-state index in [1.165, 1.54) is 5.56 Å². The van der Waals surface area contributed by atoms with E-state index in [2.05, 4.69) is 51.4 Å². The van der Waals surface area contributed by atoms with E-state index in [0.717, 1.165) is 42.8 Å². The zero-order chi connectivity index (χ0) is 18.8. The van der Waals surface area contributed by atoms with Crippen LogP contribution < -0.4 is 11.1 Å². The van der Waals surface area contributed by atoms with Crippen molar-refractivity contribution in [3.8, 4) is 0 Å². The number of nitrogens with one attached hydrogen (secondary N) is 2. The van der Waals surface area contributed by atoms with Gasteiger partial charge in [-0.15, -0.1) is 0 Å². The van der Waals surface area contributed by atoms with Gasteiger partial charge in [-0.1, -0.05) is 37.3 Å². The minimum absolute atomic E-state index is 0.237. The van der Waals surface area contributed by atoms with Crippen molar-refractivity contribution in [3.63, 3.8) is 0 Å². The molecular formula is C21H25N5O. The number of anilines is 1. The maximum Gasteiger partial charge on any atom is 0.252 e. The number of nitrogens with two attached hydrogens (primary N) is 1. The molecule has 2 aromatic heterocycles. The number of piperidine rings is 1. The second-order valence-corrected chi connectivity index (χ2v) is 7.39. The van der Waals surface area contributed by atoms with Gasteiger partial charge in [0.15, 0.2) is 0 Å². The van der Waals surface area contributed by atoms with Gasteiger partial charge in [-0.3, -0.25) is 9.69 Å². The lowest BCUT2D eigenvalue weighted by molar-refractivity contribution is 0.100. The van der Waals surface area contributed by atoms with Crippen molar-refractivity contribution >= 4 is 22.6 Å². The van der Waals surface area contributed by atoms with Crippen molar-refractivity contribution in [2.24, 2.45) is 11.7 Å². The van der Waals surface area contributed by atoms with Crippen LogP contribution in [-0.4, -0.2) is 39.9 Å². The number of fused-ring (bicyclic) bond motifs is 1. The molecule has 0 unspecified atom stereocenters. The maximum absolute atomic E-state index is 11.9. The number of nitrogens with zero attached hydrogens (tertiary/aromatic N) is 2. The van der Waals surface area contributed by atoms with E-state index < -0.39 is 5.91 Å². The molecule has 0 saturated carbocycles. The SMILES string of the molecule is C[C@@H]1CCN(Cc2ccccc2)C[C@@H]1Nc1c(C(N)=O)cnc2[nH]ccc12. The van der Waals surface area contributed by atoms with Crippen LogP contribution in [0.1, 0.15) is 29.3 Å². The Morgan fingerprint density at radius 1 is 1.33 bits per heavy atom. The van der Waals surface area contributed by atoms with Crippen molar-refractivity contribution in [2.75, 3.05) is 18.4 Å². The molecule has 0 aliphatic carbocycles. The van der Waals surface area contributed by atoms with E-state index in [4.69, 9.17) is 5.73 Å². The molecule has 1 fully saturated rings. The van der Waals surface area contributed by atoms with Crippen LogP contribution in [0.2, 0.25) is 0 Å². The number of aromatic amines is 1. The highest BCUT2D eigenvalue weighted by Gasteiger charge is 2.28. The van der Waals surface area contributed by atoms with Crippen LogP contribution in [0.4, 0.5) is 5.69 Å². The summed E-state index contributed by atoms with van der Waals surface area (Å²) in [6.45, 7) is 5.19. The number of primary amides is 1. The summed E-state index contributed by atoms with van der Waals surface area (Å²) in [5, 5.41) is 4.52. The number of rotatable bonds is 5. The Balaban J connectivity index is 1.57. The number of benzene rings is 1. The fourth-order valence-electron chi connectivity index (χ4n) is 3.85. The third kappa shape index (κ3) is 3.66. The molecule has 0 spiro atoms. The van der Waals surface area contributed by atoms with E-state index in [9.17, 15) is 4.79 Å². The Labute approximate surface area is 158 Å². The van der Waals surface area contributed by atoms with E-state index in [1.54, 1.807) is 6.20 Å². The van der Waals surface area contributed by atoms with E-state index >= 15 is 0 Å². The second kappa shape index (κ2) is 7.40. The summed E-state index contributed by atoms with van der Waals surface area (Å²) in [5.41, 5.74) is 8.90. The van der Waals surface area contributed by atoms with Crippen LogP contribution in [0.3, 0.4) is 0 Å². The summed E-state index contributed by atoms with van der Waals surface area (Å²) in [6.07, 6.45) is 4.50. The summed E-state index contributed by atoms with van der Waals surface area (Å²) >= 11 is 0. The Morgan fingerprint density at radius 2 is 2.15 bits per heavy atom. The van der Waals surface area contributed by atoms with E-state index in [0.29, 0.717) is 11.5 Å². The molecule has 1 saturated heterocycles. The van der Waals surface area contributed by atoms with Crippen molar-refractivity contribution in [1.82, 2.24) is 14.9 Å². The van der Waals surface area contributed by atoms with Crippen LogP contribution in [-0.2, 0) is 6.54 Å². The summed E-state index contributed by atoms with van der Waals surface area (Å²) in [7, 11) is 0. The highest BCUT2D eigenvalue weighted by molar-refractivity contribution is 6.05. The summed E-state index contributed by atoms with van der Waals surface area (Å²) in [5.74, 6) is 0.0395. The molecule has 4 N–H and O–H groups in total. The van der Waals surface area contributed by atoms with Gasteiger partial charge in [0.25, 0.3) is 5.91 Å². The van der Waals surface area contributed by atoms with Crippen molar-refractivity contribution in [3.05, 3.63) is 59.9 Å². The van der Waals surface area contributed by atoms with Crippen molar-refractivity contribution in [1.29, 1.82) is 0 Å². The van der Waals surface area contributed by atoms with Gasteiger partial charge in [-0.25, -0.2) is 4.98 Å². The minimum Gasteiger partial charge on any atom is -0.379 e. The van der Waals surface area contributed by atoms with Gasteiger partial charge in [0.2, 0.25) is 0 Å². The topological polar surface area (TPSA) is 87.0 Å². The molecule has 4 rings (SSSR count). The number of carbonyl (C=O) groups is 1. The van der Waals surface area contributed by atoms with Crippen molar-refractivity contribution in [2.45, 2.75) is 25.9 Å². The Kier molecular flexibility index (Phi) is 4.81. The first-order valence-electron chi connectivity index (χ1n) is 9.40. The summed E-state index contributed by atoms with van der Waals surface area (Å²) in [4.78, 5) is 21.8. The lowest BCUT2D eigenvalue weighted by atomic mass is 9.92. The molecule has 0 bridgehead atoms. The number of carbonyl (C=O) groups excluding carboxylic acids is 1. The Bertz CT molecular complexity index is 936. The van der Waals surface area contributed by atoms with Crippen molar-refractivity contribution < 1.29 is 4.79 Å². The molecule has 140 valence electrons. The van der Waals surface area contributed by atoms with Gasteiger partial charge in [-0.2, -0.15) is 0 Å². The van der Waals surface area contributed by atoms with Gasteiger partial charge in [0.1, 0.15) is 5.65 Å². The number of aromatic nitrogens is 2. The molecule has 0 radical (unpaired) electrons. The minimum atomic E-state index is -0.460. The van der Waals surface area contributed by atoms with Gasteiger partial charge in [-0.05, 0) is 30.5 Å². The molecule has 3 aromatic rings. The smallest absolute Gasteiger partial charge is 0.252 e. The number of hydrogen-bond donors (Lipinski definition) is 3. The number of hydrogen-bond acceptors (Lipinski definition) is 4. The summed E-state index contributed by atoms with van der Waals surface area (Å²) in [6, 6.07) is 12.7. The fourth-order valence-corrected chi connectivity index (χ4v) is 3.85. The number of amides is 1. The van der Waals surface area contributed by atoms with E-state index in [-0.39, 0.29) is 6.04 Å². The highest BCUT2D eigenvalue weighted by atomic mass is 16.1. The lowest BCUT2D eigenvalue weighted by Gasteiger charge is -2.38. The predicted molar refractivity (Wildman–Crippen MR) is 108 cm³/mol. The monoisotopic (exact) mass is 363 g/mol. The molecule has 1 aromatic carbocycles. The van der Waals surface area contributed by atoms with Gasteiger partial charge >= 0.3 is 0 Å². The quantitative estimate of drug-likeness (QED) is 0.650. The molecule has 3 heterocycles. The van der Waals surface area contributed by atoms with Gasteiger partial charge in [0, 0.05) is 36.9 Å². The average Bonchev–Trinajstić information content (AvgIpc) is 3.14. The number of likely N-dealkylation sites (tertiary alicyclic amines) is 1. The standard InChI is InChI=1S/C21H25N5O/c1-14-8-10-26(12-15-5-3-2-4-6-15)13-18(14)25-19-16-7-9-23-21(16)24-11-17(19)20(22)27/h2-7,9,11,14,18H,8,10,12-13H2,1H3,(H2,22,27)(H2,23,24,25)/t14-,18+/m1/s1. The number of H-pyrrole nitrogens is 1. The van der Waals surface area contributed by atoms with Crippen LogP contribution in [0.25, 0.3) is 11.0 Å². The third-order valence-electron chi connectivity index (χ3n) is 5.47. The van der Waals surface area contributed by atoms with Gasteiger partial charge < -0.3 is 16.0 Å². The number of pyridine rings is 1. The molecule has 1 aliphatic heterocycles. The largest absolute Gasteiger partial charge is 0.379 e. The van der Waals surface area contributed by atoms with Crippen LogP contribution >= 0.6 is 0 Å². The molecule has 6 heteroatoms. The van der Waals surface area contributed by atoms with Crippen LogP contribution in [0.15, 0.2) is 48.8 Å². The molecule has 1 amide bonds.